The SMILES string of the molecule is CCOc1ccc(C(=O)CCC(=O)Nc2ccc(N3CCNC(=O)C3)c(Cl)c2)cc1. The molecule has 0 saturated carbocycles. The molecule has 0 spiro atoms. The minimum absolute atomic E-state index is 0.0492. The Morgan fingerprint density at radius 3 is 2.60 bits per heavy atom. The molecule has 2 aromatic rings. The van der Waals surface area contributed by atoms with Gasteiger partial charge in [-0.2, -0.15) is 0 Å². The zero-order valence-corrected chi connectivity index (χ0v) is 17.5. The number of nitrogens with zero attached hydrogens (tertiary/aromatic N) is 1. The fourth-order valence-corrected chi connectivity index (χ4v) is 3.48. The molecule has 0 radical (unpaired) electrons. The number of carbonyl (C=O) groups is 3. The van der Waals surface area contributed by atoms with E-state index in [0.29, 0.717) is 41.7 Å². The van der Waals surface area contributed by atoms with Crippen LogP contribution < -0.4 is 20.3 Å². The Balaban J connectivity index is 1.52. The molecule has 0 aromatic heterocycles. The standard InChI is InChI=1S/C22H24ClN3O4/c1-2-30-17-6-3-15(4-7-17)20(27)9-10-21(28)25-16-5-8-19(18(23)13-16)26-12-11-24-22(29)14-26/h3-8,13H,2,9-12,14H2,1H3,(H,24,29)(H,25,28). The lowest BCUT2D eigenvalue weighted by molar-refractivity contribution is -0.120. The third-order valence-electron chi connectivity index (χ3n) is 4.68. The Kier molecular flexibility index (Phi) is 7.30. The maximum Gasteiger partial charge on any atom is 0.239 e. The van der Waals surface area contributed by atoms with Crippen LogP contribution in [0.15, 0.2) is 42.5 Å². The largest absolute Gasteiger partial charge is 0.494 e. The van der Waals surface area contributed by atoms with Crippen molar-refractivity contribution in [3.05, 3.63) is 53.1 Å². The smallest absolute Gasteiger partial charge is 0.239 e. The van der Waals surface area contributed by atoms with Gasteiger partial charge in [0.25, 0.3) is 0 Å². The Bertz CT molecular complexity index is 930. The lowest BCUT2D eigenvalue weighted by Crippen LogP contribution is -2.47. The second-order valence-electron chi connectivity index (χ2n) is 6.87. The number of amides is 2. The summed E-state index contributed by atoms with van der Waals surface area (Å²) in [5, 5.41) is 5.98. The Hall–Kier alpha value is -3.06. The highest BCUT2D eigenvalue weighted by Crippen LogP contribution is 2.29. The van der Waals surface area contributed by atoms with Crippen LogP contribution >= 0.6 is 11.6 Å². The number of ketones is 1. The molecule has 1 aliphatic rings. The van der Waals surface area contributed by atoms with E-state index in [1.54, 1.807) is 42.5 Å². The summed E-state index contributed by atoms with van der Waals surface area (Å²) in [7, 11) is 0. The van der Waals surface area contributed by atoms with Crippen LogP contribution in [-0.2, 0) is 9.59 Å². The number of benzene rings is 2. The number of hydrogen-bond donors (Lipinski definition) is 2. The van der Waals surface area contributed by atoms with Gasteiger partial charge >= 0.3 is 0 Å². The van der Waals surface area contributed by atoms with E-state index in [4.69, 9.17) is 16.3 Å². The van der Waals surface area contributed by atoms with Crippen LogP contribution in [0.4, 0.5) is 11.4 Å². The zero-order chi connectivity index (χ0) is 21.5. The maximum absolute atomic E-state index is 12.3. The van der Waals surface area contributed by atoms with Gasteiger partial charge in [0.1, 0.15) is 5.75 Å². The number of piperazine rings is 1. The van der Waals surface area contributed by atoms with Crippen LogP contribution in [0.5, 0.6) is 5.75 Å². The predicted molar refractivity (Wildman–Crippen MR) is 116 cm³/mol. The van der Waals surface area contributed by atoms with E-state index in [9.17, 15) is 14.4 Å². The summed E-state index contributed by atoms with van der Waals surface area (Å²) in [5.74, 6) is 0.282. The van der Waals surface area contributed by atoms with Gasteiger partial charge in [-0.3, -0.25) is 14.4 Å². The minimum Gasteiger partial charge on any atom is -0.494 e. The summed E-state index contributed by atoms with van der Waals surface area (Å²) >= 11 is 6.35. The highest BCUT2D eigenvalue weighted by atomic mass is 35.5. The van der Waals surface area contributed by atoms with Crippen LogP contribution in [0.3, 0.4) is 0 Å². The van der Waals surface area contributed by atoms with Gasteiger partial charge in [0.15, 0.2) is 5.78 Å². The van der Waals surface area contributed by atoms with Gasteiger partial charge in [0.05, 0.1) is 23.9 Å². The van der Waals surface area contributed by atoms with E-state index >= 15 is 0 Å². The number of hydrogen-bond acceptors (Lipinski definition) is 5. The molecule has 2 N–H and O–H groups in total. The van der Waals surface area contributed by atoms with Crippen molar-refractivity contribution in [2.24, 2.45) is 0 Å². The maximum atomic E-state index is 12.3. The minimum atomic E-state index is -0.268. The number of anilines is 2. The van der Waals surface area contributed by atoms with Crippen molar-refractivity contribution in [1.29, 1.82) is 0 Å². The molecule has 7 nitrogen and oxygen atoms in total. The quantitative estimate of drug-likeness (QED) is 0.629. The highest BCUT2D eigenvalue weighted by Gasteiger charge is 2.19. The van der Waals surface area contributed by atoms with E-state index < -0.39 is 0 Å². The molecule has 2 aromatic carbocycles. The molecule has 3 rings (SSSR count). The Labute approximate surface area is 180 Å². The van der Waals surface area contributed by atoms with Gasteiger partial charge in [0.2, 0.25) is 11.8 Å². The lowest BCUT2D eigenvalue weighted by Gasteiger charge is -2.29. The molecule has 1 fully saturated rings. The first kappa shape index (κ1) is 21.6. The number of Topliss-reactive ketones (excluding diaryl/α,β-unsaturated/α-hetero) is 1. The van der Waals surface area contributed by atoms with Gasteiger partial charge in [-0.1, -0.05) is 11.6 Å². The number of carbonyl (C=O) groups excluding carboxylic acids is 3. The second kappa shape index (κ2) is 10.1. The van der Waals surface area contributed by atoms with Crippen molar-refractivity contribution in [3.8, 4) is 5.75 Å². The molecule has 2 amide bonds. The number of ether oxygens (including phenoxy) is 1. The van der Waals surface area contributed by atoms with Crippen LogP contribution in [0, 0.1) is 0 Å². The summed E-state index contributed by atoms with van der Waals surface area (Å²) in [6.07, 6.45) is 0.173. The summed E-state index contributed by atoms with van der Waals surface area (Å²) < 4.78 is 5.36. The molecule has 1 heterocycles. The van der Waals surface area contributed by atoms with Gasteiger partial charge < -0.3 is 20.3 Å². The van der Waals surface area contributed by atoms with Gasteiger partial charge in [0, 0.05) is 37.2 Å². The third-order valence-corrected chi connectivity index (χ3v) is 4.98. The number of halogens is 1. The normalized spacial score (nSPS) is 13.5. The van der Waals surface area contributed by atoms with Crippen molar-refractivity contribution in [2.45, 2.75) is 19.8 Å². The highest BCUT2D eigenvalue weighted by molar-refractivity contribution is 6.33. The first-order valence-electron chi connectivity index (χ1n) is 9.83. The molecular formula is C22H24ClN3O4. The topological polar surface area (TPSA) is 87.7 Å². The van der Waals surface area contributed by atoms with E-state index in [2.05, 4.69) is 10.6 Å². The van der Waals surface area contributed by atoms with Gasteiger partial charge in [-0.25, -0.2) is 0 Å². The van der Waals surface area contributed by atoms with E-state index in [-0.39, 0.29) is 37.0 Å². The lowest BCUT2D eigenvalue weighted by atomic mass is 10.1. The van der Waals surface area contributed by atoms with E-state index in [0.717, 1.165) is 5.69 Å². The van der Waals surface area contributed by atoms with E-state index in [1.165, 1.54) is 0 Å². The molecule has 1 saturated heterocycles. The summed E-state index contributed by atoms with van der Waals surface area (Å²) in [6, 6.07) is 12.0. The van der Waals surface area contributed by atoms with Crippen LogP contribution in [0.1, 0.15) is 30.1 Å². The molecule has 30 heavy (non-hydrogen) atoms. The first-order valence-corrected chi connectivity index (χ1v) is 10.2. The van der Waals surface area contributed by atoms with Crippen molar-refractivity contribution in [1.82, 2.24) is 5.32 Å². The fraction of sp³-hybridized carbons (Fsp3) is 0.318. The Morgan fingerprint density at radius 1 is 1.17 bits per heavy atom. The molecule has 0 unspecified atom stereocenters. The Morgan fingerprint density at radius 2 is 1.93 bits per heavy atom. The predicted octanol–water partition coefficient (Wildman–Crippen LogP) is 3.28. The van der Waals surface area contributed by atoms with Gasteiger partial charge in [-0.15, -0.1) is 0 Å². The molecule has 0 atom stereocenters. The van der Waals surface area contributed by atoms with E-state index in [1.807, 2.05) is 11.8 Å². The molecule has 0 aliphatic carbocycles. The average molecular weight is 430 g/mol. The number of nitrogens with one attached hydrogen (secondary N) is 2. The van der Waals surface area contributed by atoms with Crippen molar-refractivity contribution in [2.75, 3.05) is 36.5 Å². The molecule has 1 aliphatic heterocycles. The summed E-state index contributed by atoms with van der Waals surface area (Å²) in [4.78, 5) is 38.0. The molecule has 8 heteroatoms. The monoisotopic (exact) mass is 429 g/mol. The van der Waals surface area contributed by atoms with Crippen LogP contribution in [-0.4, -0.2) is 43.8 Å². The first-order chi connectivity index (χ1) is 14.5. The molecule has 0 bridgehead atoms. The van der Waals surface area contributed by atoms with Gasteiger partial charge in [-0.05, 0) is 49.4 Å². The van der Waals surface area contributed by atoms with Crippen molar-refractivity contribution in [3.63, 3.8) is 0 Å². The second-order valence-corrected chi connectivity index (χ2v) is 7.27. The summed E-state index contributed by atoms with van der Waals surface area (Å²) in [5.41, 5.74) is 1.84. The average Bonchev–Trinajstić information content (AvgIpc) is 2.73. The molecule has 158 valence electrons. The number of rotatable bonds is 8. The summed E-state index contributed by atoms with van der Waals surface area (Å²) in [6.45, 7) is 3.94. The third kappa shape index (κ3) is 5.73. The fourth-order valence-electron chi connectivity index (χ4n) is 3.18. The van der Waals surface area contributed by atoms with Crippen molar-refractivity contribution >= 4 is 40.6 Å². The zero-order valence-electron chi connectivity index (χ0n) is 16.7. The van der Waals surface area contributed by atoms with Crippen molar-refractivity contribution < 1.29 is 19.1 Å². The van der Waals surface area contributed by atoms with Crippen LogP contribution in [0.2, 0.25) is 5.02 Å². The molecular weight excluding hydrogens is 406 g/mol. The van der Waals surface area contributed by atoms with Crippen LogP contribution in [0.25, 0.3) is 0 Å².